The Morgan fingerprint density at radius 2 is 1.86 bits per heavy atom. The van der Waals surface area contributed by atoms with E-state index in [0.717, 1.165) is 35.6 Å². The van der Waals surface area contributed by atoms with Crippen molar-refractivity contribution in [1.29, 1.82) is 0 Å². The molecule has 0 aliphatic heterocycles. The summed E-state index contributed by atoms with van der Waals surface area (Å²) in [6.07, 6.45) is -0.231. The lowest BCUT2D eigenvalue weighted by atomic mass is 10.1. The monoisotopic (exact) mass is 549 g/mol. The van der Waals surface area contributed by atoms with Gasteiger partial charge in [0.1, 0.15) is 5.01 Å². The van der Waals surface area contributed by atoms with Crippen LogP contribution in [0.2, 0.25) is 0 Å². The molecule has 3 amide bonds. The van der Waals surface area contributed by atoms with Gasteiger partial charge >= 0.3 is 11.5 Å². The molecule has 0 saturated carbocycles. The molecule has 2 aromatic heterocycles. The van der Waals surface area contributed by atoms with Gasteiger partial charge in [-0.3, -0.25) is 4.79 Å². The molecule has 3 rings (SSSR count). The molecule has 0 fully saturated rings. The van der Waals surface area contributed by atoms with Gasteiger partial charge < -0.3 is 21.1 Å². The molecule has 0 aliphatic carbocycles. The summed E-state index contributed by atoms with van der Waals surface area (Å²) in [5, 5.41) is 14.3. The van der Waals surface area contributed by atoms with Gasteiger partial charge in [-0.1, -0.05) is 12.1 Å². The fraction of sp³-hybridized carbons (Fsp3) is 0.263. The van der Waals surface area contributed by atoms with E-state index in [9.17, 15) is 36.3 Å². The van der Waals surface area contributed by atoms with Crippen LogP contribution in [0.5, 0.6) is 0 Å². The number of aromatic nitrogens is 2. The van der Waals surface area contributed by atoms with E-state index >= 15 is 0 Å². The van der Waals surface area contributed by atoms with E-state index in [2.05, 4.69) is 15.3 Å². The topological polar surface area (TPSA) is 156 Å². The number of rotatable bonds is 8. The molecule has 3 aromatic rings. The van der Waals surface area contributed by atoms with Crippen molar-refractivity contribution in [3.63, 3.8) is 0 Å². The second-order valence-electron chi connectivity index (χ2n) is 7.09. The Morgan fingerprint density at radius 3 is 2.43 bits per heavy atom. The molecule has 4 N–H and O–H groups in total. The maximum Gasteiger partial charge on any atom is 0.501 e. The molecular weight excluding hydrogens is 531 g/mol. The zero-order valence-electron chi connectivity index (χ0n) is 17.9. The summed E-state index contributed by atoms with van der Waals surface area (Å²) in [6, 6.07) is 3.17. The van der Waals surface area contributed by atoms with Gasteiger partial charge in [0.2, 0.25) is 5.91 Å². The van der Waals surface area contributed by atoms with Gasteiger partial charge in [0.25, 0.3) is 9.84 Å². The van der Waals surface area contributed by atoms with Crippen molar-refractivity contribution in [2.75, 3.05) is 12.4 Å². The molecule has 188 valence electrons. The van der Waals surface area contributed by atoms with Gasteiger partial charge in [0.15, 0.2) is 5.13 Å². The van der Waals surface area contributed by atoms with Crippen molar-refractivity contribution in [1.82, 2.24) is 14.9 Å². The summed E-state index contributed by atoms with van der Waals surface area (Å²) >= 11 is 2.27. The third-order valence-electron chi connectivity index (χ3n) is 4.53. The van der Waals surface area contributed by atoms with Gasteiger partial charge in [-0.2, -0.15) is 13.2 Å². The number of sulfone groups is 1. The Bertz CT molecular complexity index is 1340. The SMILES string of the molecule is CN(Cc1nc(CO)sc1-c1csc(NC(=O)Cc2ccc(S(=O)(=O)C(F)(F)F)cc2)n1)C(N)=O. The number of hydrogen-bond acceptors (Lipinski definition) is 9. The van der Waals surface area contributed by atoms with Crippen LogP contribution in [0.1, 0.15) is 16.3 Å². The standard InChI is InChI=1S/C19H18F3N5O5S3/c1-27(17(23)30)7-12-16(34-15(8-28)24-12)13-9-33-18(25-13)26-14(29)6-10-2-4-11(5-3-10)35(31,32)19(20,21)22/h2-5,9,28H,6-8H2,1H3,(H2,23,30)(H,25,26,29). The minimum Gasteiger partial charge on any atom is -0.389 e. The summed E-state index contributed by atoms with van der Waals surface area (Å²) in [5.41, 5.74) is 1.06. The second-order valence-corrected chi connectivity index (χ2v) is 11.0. The number of primary amides is 1. The average molecular weight is 550 g/mol. The van der Waals surface area contributed by atoms with E-state index in [1.54, 1.807) is 5.38 Å². The summed E-state index contributed by atoms with van der Waals surface area (Å²) in [5.74, 6) is -0.522. The lowest BCUT2D eigenvalue weighted by molar-refractivity contribution is -0.115. The minimum atomic E-state index is -5.47. The summed E-state index contributed by atoms with van der Waals surface area (Å²) in [4.78, 5) is 33.2. The quantitative estimate of drug-likeness (QED) is 0.390. The predicted molar refractivity (Wildman–Crippen MR) is 122 cm³/mol. The first-order valence-corrected chi connectivity index (χ1v) is 12.8. The van der Waals surface area contributed by atoms with Gasteiger partial charge in [0.05, 0.1) is 40.7 Å². The number of benzene rings is 1. The molecule has 0 atom stereocenters. The molecular formula is C19H18F3N5O5S3. The van der Waals surface area contributed by atoms with Gasteiger partial charge in [-0.15, -0.1) is 22.7 Å². The van der Waals surface area contributed by atoms with Crippen LogP contribution in [0, 0.1) is 0 Å². The predicted octanol–water partition coefficient (Wildman–Crippen LogP) is 2.74. The third kappa shape index (κ3) is 6.14. The van der Waals surface area contributed by atoms with Crippen molar-refractivity contribution in [2.45, 2.75) is 30.0 Å². The Hall–Kier alpha value is -3.08. The van der Waals surface area contributed by atoms with Crippen molar-refractivity contribution < 1.29 is 36.3 Å². The number of carbonyl (C=O) groups is 2. The zero-order valence-corrected chi connectivity index (χ0v) is 20.3. The largest absolute Gasteiger partial charge is 0.501 e. The Kier molecular flexibility index (Phi) is 7.78. The molecule has 0 radical (unpaired) electrons. The molecule has 10 nitrogen and oxygen atoms in total. The Balaban J connectivity index is 1.70. The number of amides is 3. The first kappa shape index (κ1) is 26.5. The molecule has 35 heavy (non-hydrogen) atoms. The summed E-state index contributed by atoms with van der Waals surface area (Å²) < 4.78 is 60.8. The maximum absolute atomic E-state index is 12.6. The number of alkyl halides is 3. The smallest absolute Gasteiger partial charge is 0.389 e. The zero-order chi connectivity index (χ0) is 26.0. The van der Waals surface area contributed by atoms with Crippen LogP contribution in [-0.2, 0) is 34.2 Å². The minimum absolute atomic E-state index is 0.0838. The van der Waals surface area contributed by atoms with Crippen LogP contribution >= 0.6 is 22.7 Å². The van der Waals surface area contributed by atoms with Gasteiger partial charge in [0, 0.05) is 12.4 Å². The van der Waals surface area contributed by atoms with Crippen LogP contribution in [0.25, 0.3) is 10.6 Å². The highest BCUT2D eigenvalue weighted by Gasteiger charge is 2.46. The average Bonchev–Trinajstić information content (AvgIpc) is 3.39. The number of nitrogens with zero attached hydrogens (tertiary/aromatic N) is 3. The summed E-state index contributed by atoms with van der Waals surface area (Å²) in [7, 11) is -3.98. The molecule has 1 aromatic carbocycles. The number of carbonyl (C=O) groups excluding carboxylic acids is 2. The number of anilines is 1. The maximum atomic E-state index is 12.6. The normalized spacial score (nSPS) is 11.9. The number of thiazole rings is 2. The first-order chi connectivity index (χ1) is 16.3. The molecule has 0 bridgehead atoms. The third-order valence-corrected chi connectivity index (χ3v) is 7.89. The van der Waals surface area contributed by atoms with Gasteiger partial charge in [-0.05, 0) is 17.7 Å². The van der Waals surface area contributed by atoms with E-state index in [4.69, 9.17) is 5.73 Å². The number of nitrogens with one attached hydrogen (secondary N) is 1. The fourth-order valence-corrected chi connectivity index (χ4v) is 5.23. The molecule has 2 heterocycles. The Morgan fingerprint density at radius 1 is 1.20 bits per heavy atom. The van der Waals surface area contributed by atoms with Crippen molar-refractivity contribution in [3.05, 3.63) is 45.9 Å². The number of aliphatic hydroxyl groups excluding tert-OH is 1. The van der Waals surface area contributed by atoms with Crippen molar-refractivity contribution >= 4 is 49.6 Å². The van der Waals surface area contributed by atoms with E-state index in [0.29, 0.717) is 26.8 Å². The number of nitrogens with two attached hydrogens (primary N) is 1. The van der Waals surface area contributed by atoms with Crippen molar-refractivity contribution in [2.24, 2.45) is 5.73 Å². The van der Waals surface area contributed by atoms with E-state index in [1.807, 2.05) is 0 Å². The second kappa shape index (κ2) is 10.3. The van der Waals surface area contributed by atoms with Crippen molar-refractivity contribution in [3.8, 4) is 10.6 Å². The number of hydrogen-bond donors (Lipinski definition) is 3. The lowest BCUT2D eigenvalue weighted by Gasteiger charge is -2.12. The van der Waals surface area contributed by atoms with Crippen LogP contribution in [-0.4, -0.2) is 52.9 Å². The molecule has 0 spiro atoms. The Labute approximate surface area is 205 Å². The van der Waals surface area contributed by atoms with E-state index in [-0.39, 0.29) is 24.7 Å². The molecule has 0 saturated heterocycles. The van der Waals surface area contributed by atoms with E-state index < -0.39 is 32.2 Å². The highest BCUT2D eigenvalue weighted by atomic mass is 32.2. The van der Waals surface area contributed by atoms with Crippen LogP contribution in [0.3, 0.4) is 0 Å². The molecule has 0 unspecified atom stereocenters. The first-order valence-electron chi connectivity index (χ1n) is 9.58. The number of halogens is 3. The van der Waals surface area contributed by atoms with E-state index in [1.165, 1.54) is 23.3 Å². The molecule has 0 aliphatic rings. The number of urea groups is 1. The van der Waals surface area contributed by atoms with Crippen LogP contribution < -0.4 is 11.1 Å². The highest BCUT2D eigenvalue weighted by molar-refractivity contribution is 7.92. The summed E-state index contributed by atoms with van der Waals surface area (Å²) in [6.45, 7) is -0.227. The van der Waals surface area contributed by atoms with Crippen LogP contribution in [0.4, 0.5) is 23.1 Å². The van der Waals surface area contributed by atoms with Gasteiger partial charge in [-0.25, -0.2) is 23.2 Å². The fourth-order valence-electron chi connectivity index (χ4n) is 2.78. The lowest BCUT2D eigenvalue weighted by Crippen LogP contribution is -2.31. The molecule has 16 heteroatoms. The van der Waals surface area contributed by atoms with Crippen LogP contribution in [0.15, 0.2) is 34.5 Å². The highest BCUT2D eigenvalue weighted by Crippen LogP contribution is 2.34. The number of aliphatic hydroxyl groups is 1.